The molecule has 4 nitrogen and oxygen atoms in total. The maximum absolute atomic E-state index is 10.8. The fourth-order valence-corrected chi connectivity index (χ4v) is 5.43. The van der Waals surface area contributed by atoms with E-state index in [-0.39, 0.29) is 12.1 Å². The number of benzene rings is 2. The third-order valence-electron chi connectivity index (χ3n) is 5.80. The van der Waals surface area contributed by atoms with E-state index >= 15 is 0 Å². The first kappa shape index (κ1) is 21.2. The molecule has 3 aromatic rings. The molecule has 2 aromatic carbocycles. The Hall–Kier alpha value is -3.05. The standard InChI is InChI=1S/C26H27NO3S/c1-16(2)23-11-12-24(31-23)27-17(3)14-20-15-21(28)9-10-22(20)26(27)19-7-4-18(5-8-19)6-13-25(29)30/h4-13,15-17,26,28H,14H2,1-3H3,(H,29,30)/b13-6+. The number of carbonyl (C=O) groups is 1. The molecular formula is C26H27NO3S. The molecular weight excluding hydrogens is 406 g/mol. The Kier molecular flexibility index (Phi) is 5.88. The lowest BCUT2D eigenvalue weighted by Crippen LogP contribution is -2.42. The first-order valence-electron chi connectivity index (χ1n) is 10.5. The Morgan fingerprint density at radius 2 is 1.87 bits per heavy atom. The zero-order chi connectivity index (χ0) is 22.1. The maximum atomic E-state index is 10.8. The Morgan fingerprint density at radius 1 is 1.13 bits per heavy atom. The zero-order valence-corrected chi connectivity index (χ0v) is 18.8. The van der Waals surface area contributed by atoms with Crippen molar-refractivity contribution in [1.29, 1.82) is 0 Å². The van der Waals surface area contributed by atoms with E-state index in [4.69, 9.17) is 5.11 Å². The number of phenols is 1. The van der Waals surface area contributed by atoms with Crippen LogP contribution in [0.15, 0.2) is 60.7 Å². The van der Waals surface area contributed by atoms with E-state index in [1.807, 2.05) is 35.6 Å². The van der Waals surface area contributed by atoms with Gasteiger partial charge in [0.05, 0.1) is 11.0 Å². The summed E-state index contributed by atoms with van der Waals surface area (Å²) in [5.74, 6) is -0.170. The van der Waals surface area contributed by atoms with Gasteiger partial charge in [-0.25, -0.2) is 4.79 Å². The third kappa shape index (κ3) is 4.37. The summed E-state index contributed by atoms with van der Waals surface area (Å²) in [6.07, 6.45) is 3.63. The second-order valence-electron chi connectivity index (χ2n) is 8.42. The monoisotopic (exact) mass is 433 g/mol. The van der Waals surface area contributed by atoms with E-state index in [9.17, 15) is 9.90 Å². The van der Waals surface area contributed by atoms with Crippen LogP contribution in [-0.2, 0) is 11.2 Å². The van der Waals surface area contributed by atoms with Crippen LogP contribution in [0.25, 0.3) is 6.08 Å². The average molecular weight is 434 g/mol. The number of carboxylic acid groups (broad SMARTS) is 1. The van der Waals surface area contributed by atoms with Gasteiger partial charge in [0, 0.05) is 17.0 Å². The lowest BCUT2D eigenvalue weighted by atomic mass is 9.85. The quantitative estimate of drug-likeness (QED) is 0.469. The van der Waals surface area contributed by atoms with Gasteiger partial charge in [-0.15, -0.1) is 11.3 Å². The molecule has 0 amide bonds. The van der Waals surface area contributed by atoms with Crippen LogP contribution in [0.2, 0.25) is 0 Å². The fourth-order valence-electron chi connectivity index (χ4n) is 4.29. The number of phenolic OH excluding ortho intramolecular Hbond substituents is 1. The molecule has 2 heterocycles. The highest BCUT2D eigenvalue weighted by atomic mass is 32.1. The number of aromatic hydroxyl groups is 1. The number of nitrogens with zero attached hydrogens (tertiary/aromatic N) is 1. The van der Waals surface area contributed by atoms with Crippen LogP contribution in [0, 0.1) is 0 Å². The zero-order valence-electron chi connectivity index (χ0n) is 17.9. The van der Waals surface area contributed by atoms with Crippen molar-refractivity contribution >= 4 is 28.4 Å². The molecule has 0 saturated heterocycles. The van der Waals surface area contributed by atoms with E-state index in [1.165, 1.54) is 21.0 Å². The van der Waals surface area contributed by atoms with Gasteiger partial charge in [0.2, 0.25) is 0 Å². The van der Waals surface area contributed by atoms with E-state index < -0.39 is 5.97 Å². The number of hydrogen-bond donors (Lipinski definition) is 2. The molecule has 2 unspecified atom stereocenters. The number of hydrogen-bond acceptors (Lipinski definition) is 4. The molecule has 1 aliphatic rings. The van der Waals surface area contributed by atoms with Gasteiger partial charge in [0.1, 0.15) is 5.75 Å². The van der Waals surface area contributed by atoms with Crippen molar-refractivity contribution in [2.75, 3.05) is 4.90 Å². The van der Waals surface area contributed by atoms with Gasteiger partial charge in [-0.1, -0.05) is 44.2 Å². The van der Waals surface area contributed by atoms with E-state index in [0.717, 1.165) is 23.6 Å². The lowest BCUT2D eigenvalue weighted by Gasteiger charge is -2.43. The van der Waals surface area contributed by atoms with Crippen molar-refractivity contribution in [3.05, 3.63) is 87.8 Å². The lowest BCUT2D eigenvalue weighted by molar-refractivity contribution is -0.131. The minimum Gasteiger partial charge on any atom is -0.508 e. The smallest absolute Gasteiger partial charge is 0.328 e. The van der Waals surface area contributed by atoms with Gasteiger partial charge in [-0.05, 0) is 71.9 Å². The Morgan fingerprint density at radius 3 is 2.52 bits per heavy atom. The Bertz CT molecular complexity index is 1110. The summed E-state index contributed by atoms with van der Waals surface area (Å²) in [5.41, 5.74) is 4.37. The minimum atomic E-state index is -0.955. The van der Waals surface area contributed by atoms with Crippen LogP contribution in [0.4, 0.5) is 5.00 Å². The molecule has 1 aromatic heterocycles. The third-order valence-corrected chi connectivity index (χ3v) is 7.20. The molecule has 0 bridgehead atoms. The molecule has 31 heavy (non-hydrogen) atoms. The number of fused-ring (bicyclic) bond motifs is 1. The molecule has 160 valence electrons. The van der Waals surface area contributed by atoms with Crippen molar-refractivity contribution in [2.24, 2.45) is 0 Å². The number of rotatable bonds is 5. The van der Waals surface area contributed by atoms with Crippen molar-refractivity contribution in [2.45, 2.75) is 45.2 Å². The fraction of sp³-hybridized carbons (Fsp3) is 0.269. The van der Waals surface area contributed by atoms with Gasteiger partial charge in [-0.2, -0.15) is 0 Å². The summed E-state index contributed by atoms with van der Waals surface area (Å²) < 4.78 is 0. The number of carboxylic acids is 1. The number of anilines is 1. The maximum Gasteiger partial charge on any atom is 0.328 e. The predicted octanol–water partition coefficient (Wildman–Crippen LogP) is 6.22. The number of thiophene rings is 1. The topological polar surface area (TPSA) is 60.8 Å². The summed E-state index contributed by atoms with van der Waals surface area (Å²) in [6.45, 7) is 6.67. The molecule has 0 saturated carbocycles. The van der Waals surface area contributed by atoms with Gasteiger partial charge in [0.15, 0.2) is 0 Å². The molecule has 2 N–H and O–H groups in total. The van der Waals surface area contributed by atoms with Crippen LogP contribution in [0.5, 0.6) is 5.75 Å². The normalized spacial score (nSPS) is 18.5. The molecule has 0 spiro atoms. The highest BCUT2D eigenvalue weighted by Gasteiger charge is 2.34. The van der Waals surface area contributed by atoms with Gasteiger partial charge in [-0.3, -0.25) is 0 Å². The van der Waals surface area contributed by atoms with Crippen molar-refractivity contribution in [3.8, 4) is 5.75 Å². The molecule has 0 aliphatic carbocycles. The van der Waals surface area contributed by atoms with E-state index in [1.54, 1.807) is 12.1 Å². The number of aliphatic carboxylic acids is 1. The second-order valence-corrected chi connectivity index (χ2v) is 9.51. The Balaban J connectivity index is 1.80. The SMILES string of the molecule is CC(C)c1ccc(N2C(C)Cc3cc(O)ccc3C2c2ccc(/C=C/C(=O)O)cc2)s1. The van der Waals surface area contributed by atoms with Crippen LogP contribution in [-0.4, -0.2) is 22.2 Å². The van der Waals surface area contributed by atoms with Crippen molar-refractivity contribution in [1.82, 2.24) is 0 Å². The van der Waals surface area contributed by atoms with Crippen LogP contribution in [0.3, 0.4) is 0 Å². The van der Waals surface area contributed by atoms with Gasteiger partial charge in [0.25, 0.3) is 0 Å². The van der Waals surface area contributed by atoms with Crippen LogP contribution >= 0.6 is 11.3 Å². The van der Waals surface area contributed by atoms with Gasteiger partial charge >= 0.3 is 5.97 Å². The van der Waals surface area contributed by atoms with Crippen molar-refractivity contribution < 1.29 is 15.0 Å². The molecule has 2 atom stereocenters. The average Bonchev–Trinajstić information content (AvgIpc) is 3.21. The summed E-state index contributed by atoms with van der Waals surface area (Å²) in [5, 5.41) is 20.2. The Labute approximate surface area is 187 Å². The summed E-state index contributed by atoms with van der Waals surface area (Å²) in [4.78, 5) is 14.7. The first-order chi connectivity index (χ1) is 14.8. The summed E-state index contributed by atoms with van der Waals surface area (Å²) in [7, 11) is 0. The van der Waals surface area contributed by atoms with Crippen LogP contribution in [0.1, 0.15) is 59.9 Å². The molecule has 5 heteroatoms. The summed E-state index contributed by atoms with van der Waals surface area (Å²) in [6, 6.07) is 18.5. The highest BCUT2D eigenvalue weighted by Crippen LogP contribution is 2.44. The molecule has 1 aliphatic heterocycles. The van der Waals surface area contributed by atoms with E-state index in [2.05, 4.69) is 49.9 Å². The van der Waals surface area contributed by atoms with Gasteiger partial charge < -0.3 is 15.1 Å². The van der Waals surface area contributed by atoms with Crippen molar-refractivity contribution in [3.63, 3.8) is 0 Å². The second kappa shape index (κ2) is 8.60. The summed E-state index contributed by atoms with van der Waals surface area (Å²) >= 11 is 1.84. The first-order valence-corrected chi connectivity index (χ1v) is 11.4. The molecule has 0 fully saturated rings. The minimum absolute atomic E-state index is 0.0236. The predicted molar refractivity (Wildman–Crippen MR) is 127 cm³/mol. The highest BCUT2D eigenvalue weighted by molar-refractivity contribution is 7.16. The van der Waals surface area contributed by atoms with E-state index in [0.29, 0.717) is 11.7 Å². The largest absolute Gasteiger partial charge is 0.508 e. The molecule has 0 radical (unpaired) electrons. The van der Waals surface area contributed by atoms with Crippen LogP contribution < -0.4 is 4.90 Å². The molecule has 4 rings (SSSR count).